The Morgan fingerprint density at radius 3 is 1.89 bits per heavy atom. The molecule has 0 amide bonds. The lowest BCUT2D eigenvalue weighted by Gasteiger charge is -2.26. The van der Waals surface area contributed by atoms with E-state index in [0.29, 0.717) is 13.1 Å². The van der Waals surface area contributed by atoms with Crippen molar-refractivity contribution in [2.75, 3.05) is 26.3 Å². The maximum absolute atomic E-state index is 13.0. The Morgan fingerprint density at radius 2 is 1.46 bits per heavy atom. The zero-order valence-corrected chi connectivity index (χ0v) is 17.3. The third kappa shape index (κ3) is 3.55. The van der Waals surface area contributed by atoms with Crippen LogP contribution in [0.5, 0.6) is 0 Å². The summed E-state index contributed by atoms with van der Waals surface area (Å²) in [7, 11) is -3.59. The first-order valence-corrected chi connectivity index (χ1v) is 11.1. The minimum Gasteiger partial charge on any atom is -0.465 e. The van der Waals surface area contributed by atoms with Gasteiger partial charge in [-0.15, -0.1) is 0 Å². The van der Waals surface area contributed by atoms with Gasteiger partial charge in [0.2, 0.25) is 10.0 Å². The van der Waals surface area contributed by atoms with Gasteiger partial charge < -0.3 is 9.47 Å². The molecule has 3 rings (SSSR count). The summed E-state index contributed by atoms with van der Waals surface area (Å²) in [5.74, 6) is -1.27. The second kappa shape index (κ2) is 7.83. The summed E-state index contributed by atoms with van der Waals surface area (Å²) < 4.78 is 37.7. The molecule has 2 atom stereocenters. The molecular formula is C20H27NO6S. The Hall–Kier alpha value is -1.93. The van der Waals surface area contributed by atoms with E-state index < -0.39 is 27.4 Å². The average molecular weight is 410 g/mol. The average Bonchev–Trinajstić information content (AvgIpc) is 3.20. The Kier molecular flexibility index (Phi) is 5.82. The number of sulfonamides is 1. The van der Waals surface area contributed by atoms with E-state index in [9.17, 15) is 18.0 Å². The lowest BCUT2D eigenvalue weighted by molar-refractivity contribution is -0.172. The van der Waals surface area contributed by atoms with Gasteiger partial charge in [0.15, 0.2) is 5.41 Å². The summed E-state index contributed by atoms with van der Waals surface area (Å²) in [5, 5.41) is 0. The van der Waals surface area contributed by atoms with Crippen LogP contribution >= 0.6 is 0 Å². The van der Waals surface area contributed by atoms with Crippen LogP contribution in [0.4, 0.5) is 0 Å². The van der Waals surface area contributed by atoms with E-state index in [0.717, 1.165) is 5.56 Å². The van der Waals surface area contributed by atoms with E-state index in [1.54, 1.807) is 38.1 Å². The van der Waals surface area contributed by atoms with Gasteiger partial charge >= 0.3 is 11.9 Å². The number of hydrogen-bond donors (Lipinski definition) is 0. The molecule has 28 heavy (non-hydrogen) atoms. The number of carbonyl (C=O) groups is 2. The molecule has 1 aliphatic heterocycles. The standard InChI is InChI=1S/C20H27NO6S/c1-4-26-18(22)20(19(23)27-5-2)10-15-12-21(13-16(15)11-20)28(24,25)17-8-6-14(3)7-9-17/h6-9,15-16H,4-5,10-13H2,1-3H3. The van der Waals surface area contributed by atoms with Crippen molar-refractivity contribution >= 4 is 22.0 Å². The zero-order valence-electron chi connectivity index (χ0n) is 16.5. The van der Waals surface area contributed by atoms with Gasteiger partial charge in [-0.2, -0.15) is 4.31 Å². The van der Waals surface area contributed by atoms with E-state index >= 15 is 0 Å². The highest BCUT2D eigenvalue weighted by Crippen LogP contribution is 2.51. The van der Waals surface area contributed by atoms with E-state index in [1.807, 2.05) is 6.92 Å². The lowest BCUT2D eigenvalue weighted by atomic mass is 9.84. The molecular weight excluding hydrogens is 382 g/mol. The molecule has 7 nitrogen and oxygen atoms in total. The van der Waals surface area contributed by atoms with Crippen LogP contribution in [0.25, 0.3) is 0 Å². The van der Waals surface area contributed by atoms with Gasteiger partial charge in [0, 0.05) is 13.1 Å². The zero-order chi connectivity index (χ0) is 20.5. The van der Waals surface area contributed by atoms with Crippen LogP contribution < -0.4 is 0 Å². The highest BCUT2D eigenvalue weighted by atomic mass is 32.2. The lowest BCUT2D eigenvalue weighted by Crippen LogP contribution is -2.42. The quantitative estimate of drug-likeness (QED) is 0.528. The molecule has 0 N–H and O–H groups in total. The second-order valence-corrected chi connectivity index (χ2v) is 9.52. The van der Waals surface area contributed by atoms with Crippen LogP contribution in [-0.4, -0.2) is 51.0 Å². The summed E-state index contributed by atoms with van der Waals surface area (Å²) in [6.07, 6.45) is 0.518. The second-order valence-electron chi connectivity index (χ2n) is 7.59. The molecule has 2 fully saturated rings. The Bertz CT molecular complexity index is 814. The number of aryl methyl sites for hydroxylation is 1. The Balaban J connectivity index is 1.79. The first-order chi connectivity index (χ1) is 13.2. The Labute approximate surface area is 166 Å². The van der Waals surface area contributed by atoms with Crippen LogP contribution in [0.2, 0.25) is 0 Å². The van der Waals surface area contributed by atoms with Crippen LogP contribution in [0.15, 0.2) is 29.2 Å². The molecule has 1 aromatic carbocycles. The number of esters is 2. The number of benzene rings is 1. The van der Waals surface area contributed by atoms with Crippen LogP contribution in [0, 0.1) is 24.2 Å². The predicted molar refractivity (Wildman–Crippen MR) is 102 cm³/mol. The summed E-state index contributed by atoms with van der Waals surface area (Å²) in [6.45, 7) is 6.25. The van der Waals surface area contributed by atoms with E-state index in [4.69, 9.17) is 9.47 Å². The smallest absolute Gasteiger partial charge is 0.323 e. The molecule has 2 aliphatic rings. The van der Waals surface area contributed by atoms with Gasteiger partial charge in [-0.3, -0.25) is 9.59 Å². The number of fused-ring (bicyclic) bond motifs is 1. The Morgan fingerprint density at radius 1 is 1.00 bits per heavy atom. The maximum Gasteiger partial charge on any atom is 0.323 e. The molecule has 0 radical (unpaired) electrons. The largest absolute Gasteiger partial charge is 0.465 e. The third-order valence-corrected chi connectivity index (χ3v) is 7.60. The van der Waals surface area contributed by atoms with E-state index in [2.05, 4.69) is 0 Å². The summed E-state index contributed by atoms with van der Waals surface area (Å²) >= 11 is 0. The predicted octanol–water partition coefficient (Wildman–Crippen LogP) is 2.14. The topological polar surface area (TPSA) is 90.0 Å². The van der Waals surface area contributed by atoms with E-state index in [1.165, 1.54) is 4.31 Å². The fourth-order valence-corrected chi connectivity index (χ4v) is 5.90. The van der Waals surface area contributed by atoms with Crippen molar-refractivity contribution in [3.05, 3.63) is 29.8 Å². The highest BCUT2D eigenvalue weighted by Gasteiger charge is 2.60. The van der Waals surface area contributed by atoms with Gasteiger partial charge in [-0.1, -0.05) is 17.7 Å². The van der Waals surface area contributed by atoms with Crippen molar-refractivity contribution < 1.29 is 27.5 Å². The van der Waals surface area contributed by atoms with Crippen molar-refractivity contribution in [1.82, 2.24) is 4.31 Å². The SMILES string of the molecule is CCOC(=O)C1(C(=O)OCC)CC2CN(S(=O)(=O)c3ccc(C)cc3)CC2C1. The van der Waals surface area contributed by atoms with Crippen LogP contribution in [0.3, 0.4) is 0 Å². The van der Waals surface area contributed by atoms with Crippen molar-refractivity contribution in [2.45, 2.75) is 38.5 Å². The molecule has 1 saturated heterocycles. The molecule has 8 heteroatoms. The number of carbonyl (C=O) groups excluding carboxylic acids is 2. The monoisotopic (exact) mass is 409 g/mol. The first kappa shape index (κ1) is 20.8. The molecule has 0 spiro atoms. The van der Waals surface area contributed by atoms with E-state index in [-0.39, 0.29) is 42.8 Å². The summed E-state index contributed by atoms with van der Waals surface area (Å²) in [4.78, 5) is 25.4. The molecule has 0 aromatic heterocycles. The summed E-state index contributed by atoms with van der Waals surface area (Å²) in [5.41, 5.74) is -0.327. The number of nitrogens with zero attached hydrogens (tertiary/aromatic N) is 1. The van der Waals surface area contributed by atoms with Gasteiger partial charge in [0.05, 0.1) is 18.1 Å². The molecule has 1 aromatic rings. The normalized spacial score (nSPS) is 24.0. The van der Waals surface area contributed by atoms with Crippen molar-refractivity contribution in [2.24, 2.45) is 17.3 Å². The molecule has 0 bridgehead atoms. The van der Waals surface area contributed by atoms with Crippen molar-refractivity contribution in [3.8, 4) is 0 Å². The molecule has 154 valence electrons. The number of ether oxygens (including phenoxy) is 2. The minimum atomic E-state index is -3.59. The van der Waals surface area contributed by atoms with Crippen molar-refractivity contribution in [1.29, 1.82) is 0 Å². The molecule has 1 aliphatic carbocycles. The van der Waals surface area contributed by atoms with Crippen LogP contribution in [0.1, 0.15) is 32.3 Å². The molecule has 1 saturated carbocycles. The fourth-order valence-electron chi connectivity index (χ4n) is 4.35. The molecule has 1 heterocycles. The van der Waals surface area contributed by atoms with Crippen molar-refractivity contribution in [3.63, 3.8) is 0 Å². The fraction of sp³-hybridized carbons (Fsp3) is 0.600. The van der Waals surface area contributed by atoms with Gasteiger partial charge in [-0.25, -0.2) is 8.42 Å². The minimum absolute atomic E-state index is 0.0750. The summed E-state index contributed by atoms with van der Waals surface area (Å²) in [6, 6.07) is 6.77. The number of hydrogen-bond acceptors (Lipinski definition) is 6. The third-order valence-electron chi connectivity index (χ3n) is 5.76. The van der Waals surface area contributed by atoms with Gasteiger partial charge in [-0.05, 0) is 57.6 Å². The van der Waals surface area contributed by atoms with Gasteiger partial charge in [0.1, 0.15) is 0 Å². The van der Waals surface area contributed by atoms with Gasteiger partial charge in [0.25, 0.3) is 0 Å². The van der Waals surface area contributed by atoms with Crippen LogP contribution in [-0.2, 0) is 29.1 Å². The molecule has 2 unspecified atom stereocenters. The highest BCUT2D eigenvalue weighted by molar-refractivity contribution is 7.89. The maximum atomic E-state index is 13.0. The number of rotatable bonds is 6. The first-order valence-electron chi connectivity index (χ1n) is 9.66.